The lowest BCUT2D eigenvalue weighted by atomic mass is 10.2. The fraction of sp³-hybridized carbons (Fsp3) is 0.375. The number of rotatable bonds is 5. The molecule has 1 atom stereocenters. The van der Waals surface area contributed by atoms with Crippen molar-refractivity contribution in [1.29, 1.82) is 0 Å². The van der Waals surface area contributed by atoms with E-state index in [4.69, 9.17) is 0 Å². The Labute approximate surface area is 137 Å². The summed E-state index contributed by atoms with van der Waals surface area (Å²) in [6.07, 6.45) is -3.89. The van der Waals surface area contributed by atoms with Crippen molar-refractivity contribution in [1.82, 2.24) is 9.97 Å². The minimum Gasteiger partial charge on any atom is -0.352 e. The average Bonchev–Trinajstić information content (AvgIpc) is 2.49. The van der Waals surface area contributed by atoms with Crippen LogP contribution in [0, 0.1) is 12.7 Å². The third-order valence-electron chi connectivity index (χ3n) is 3.43. The maximum atomic E-state index is 13.3. The summed E-state index contributed by atoms with van der Waals surface area (Å²) < 4.78 is 52.4. The molecule has 130 valence electrons. The van der Waals surface area contributed by atoms with Crippen LogP contribution < -0.4 is 10.6 Å². The molecular formula is C16H18F4N4. The number of nitrogens with zero attached hydrogens (tertiary/aromatic N) is 2. The topological polar surface area (TPSA) is 49.8 Å². The normalized spacial score (nSPS) is 12.8. The van der Waals surface area contributed by atoms with Crippen LogP contribution in [0.2, 0.25) is 0 Å². The summed E-state index contributed by atoms with van der Waals surface area (Å²) in [5.74, 6) is -0.520. The molecule has 0 aliphatic rings. The number of hydrogen-bond donors (Lipinski definition) is 2. The van der Waals surface area contributed by atoms with Gasteiger partial charge in [-0.25, -0.2) is 9.37 Å². The highest BCUT2D eigenvalue weighted by Gasteiger charge is 2.33. The highest BCUT2D eigenvalue weighted by Crippen LogP contribution is 2.30. The summed E-state index contributed by atoms with van der Waals surface area (Å²) in [6, 6.07) is 4.91. The van der Waals surface area contributed by atoms with Crippen molar-refractivity contribution in [2.75, 3.05) is 10.6 Å². The third kappa shape index (κ3) is 4.56. The van der Waals surface area contributed by atoms with E-state index in [1.165, 1.54) is 18.2 Å². The summed E-state index contributed by atoms with van der Waals surface area (Å²) >= 11 is 0. The maximum absolute atomic E-state index is 13.3. The van der Waals surface area contributed by atoms with Crippen LogP contribution in [0.5, 0.6) is 0 Å². The minimum absolute atomic E-state index is 0.0193. The van der Waals surface area contributed by atoms with E-state index in [-0.39, 0.29) is 17.8 Å². The second-order valence-electron chi connectivity index (χ2n) is 5.50. The molecule has 0 unspecified atom stereocenters. The van der Waals surface area contributed by atoms with Gasteiger partial charge in [-0.1, -0.05) is 6.92 Å². The Hall–Kier alpha value is -2.38. The van der Waals surface area contributed by atoms with Gasteiger partial charge < -0.3 is 10.6 Å². The Balaban J connectivity index is 2.36. The molecule has 1 heterocycles. The van der Waals surface area contributed by atoms with Crippen molar-refractivity contribution in [3.63, 3.8) is 0 Å². The van der Waals surface area contributed by atoms with Crippen LogP contribution in [0.1, 0.15) is 31.5 Å². The van der Waals surface area contributed by atoms with Crippen molar-refractivity contribution in [2.45, 2.75) is 39.4 Å². The average molecular weight is 342 g/mol. The molecule has 2 rings (SSSR count). The van der Waals surface area contributed by atoms with E-state index in [9.17, 15) is 17.6 Å². The number of aromatic nitrogens is 2. The zero-order valence-corrected chi connectivity index (χ0v) is 13.5. The van der Waals surface area contributed by atoms with Crippen molar-refractivity contribution in [2.24, 2.45) is 0 Å². The van der Waals surface area contributed by atoms with E-state index in [1.807, 2.05) is 13.8 Å². The van der Waals surface area contributed by atoms with Crippen LogP contribution in [0.25, 0.3) is 0 Å². The Kier molecular flexibility index (Phi) is 5.26. The van der Waals surface area contributed by atoms with Crippen molar-refractivity contribution in [3.8, 4) is 0 Å². The Bertz CT molecular complexity index is 716. The molecule has 0 saturated carbocycles. The molecule has 24 heavy (non-hydrogen) atoms. The lowest BCUT2D eigenvalue weighted by Crippen LogP contribution is -2.18. The van der Waals surface area contributed by atoms with E-state index in [1.54, 1.807) is 6.92 Å². The lowest BCUT2D eigenvalue weighted by Gasteiger charge is -2.15. The Morgan fingerprint density at radius 2 is 1.88 bits per heavy atom. The van der Waals surface area contributed by atoms with Gasteiger partial charge in [0.25, 0.3) is 0 Å². The molecule has 0 bridgehead atoms. The van der Waals surface area contributed by atoms with Crippen molar-refractivity contribution >= 4 is 17.5 Å². The fourth-order valence-corrected chi connectivity index (χ4v) is 1.91. The van der Waals surface area contributed by atoms with Gasteiger partial charge in [0.15, 0.2) is 5.69 Å². The summed E-state index contributed by atoms with van der Waals surface area (Å²) in [6.45, 7) is 5.28. The van der Waals surface area contributed by atoms with Crippen LogP contribution in [-0.2, 0) is 6.18 Å². The number of anilines is 3. The SMILES string of the molecule is CC[C@H](C)Nc1nc(Nc2ccc(F)c(C)c2)cc(C(F)(F)F)n1. The zero-order chi connectivity index (χ0) is 17.9. The van der Waals surface area contributed by atoms with Gasteiger partial charge in [0.1, 0.15) is 11.6 Å². The molecule has 2 N–H and O–H groups in total. The third-order valence-corrected chi connectivity index (χ3v) is 3.43. The van der Waals surface area contributed by atoms with Crippen LogP contribution >= 0.6 is 0 Å². The number of benzene rings is 1. The molecular weight excluding hydrogens is 324 g/mol. The van der Waals surface area contributed by atoms with Gasteiger partial charge in [-0.15, -0.1) is 0 Å². The second-order valence-corrected chi connectivity index (χ2v) is 5.50. The highest BCUT2D eigenvalue weighted by atomic mass is 19.4. The zero-order valence-electron chi connectivity index (χ0n) is 13.5. The minimum atomic E-state index is -4.59. The van der Waals surface area contributed by atoms with Gasteiger partial charge in [0.05, 0.1) is 0 Å². The first kappa shape index (κ1) is 18.0. The van der Waals surface area contributed by atoms with Gasteiger partial charge in [-0.3, -0.25) is 0 Å². The molecule has 0 amide bonds. The molecule has 0 aliphatic carbocycles. The first-order valence-corrected chi connectivity index (χ1v) is 7.45. The van der Waals surface area contributed by atoms with Crippen molar-refractivity contribution in [3.05, 3.63) is 41.3 Å². The number of nitrogens with one attached hydrogen (secondary N) is 2. The van der Waals surface area contributed by atoms with E-state index in [0.29, 0.717) is 17.7 Å². The largest absolute Gasteiger partial charge is 0.433 e. The van der Waals surface area contributed by atoms with Gasteiger partial charge >= 0.3 is 6.18 Å². The fourth-order valence-electron chi connectivity index (χ4n) is 1.91. The first-order valence-electron chi connectivity index (χ1n) is 7.45. The van der Waals surface area contributed by atoms with Crippen LogP contribution in [-0.4, -0.2) is 16.0 Å². The predicted molar refractivity (Wildman–Crippen MR) is 84.8 cm³/mol. The van der Waals surface area contributed by atoms with Crippen LogP contribution in [0.15, 0.2) is 24.3 Å². The van der Waals surface area contributed by atoms with Gasteiger partial charge in [-0.2, -0.15) is 18.2 Å². The predicted octanol–water partition coefficient (Wildman–Crippen LogP) is 4.90. The molecule has 0 saturated heterocycles. The highest BCUT2D eigenvalue weighted by molar-refractivity contribution is 5.58. The quantitative estimate of drug-likeness (QED) is 0.759. The van der Waals surface area contributed by atoms with E-state index in [0.717, 1.165) is 6.07 Å². The molecule has 8 heteroatoms. The van der Waals surface area contributed by atoms with Gasteiger partial charge in [-0.05, 0) is 44.0 Å². The molecule has 4 nitrogen and oxygen atoms in total. The molecule has 0 fully saturated rings. The lowest BCUT2D eigenvalue weighted by molar-refractivity contribution is -0.141. The molecule has 0 spiro atoms. The maximum Gasteiger partial charge on any atom is 0.433 e. The van der Waals surface area contributed by atoms with E-state index in [2.05, 4.69) is 20.6 Å². The smallest absolute Gasteiger partial charge is 0.352 e. The number of hydrogen-bond acceptors (Lipinski definition) is 4. The summed E-state index contributed by atoms with van der Waals surface area (Å²) in [5, 5.41) is 5.59. The molecule has 1 aromatic carbocycles. The molecule has 2 aromatic rings. The summed E-state index contributed by atoms with van der Waals surface area (Å²) in [7, 11) is 0. The second kappa shape index (κ2) is 7.02. The van der Waals surface area contributed by atoms with Crippen molar-refractivity contribution < 1.29 is 17.6 Å². The van der Waals surface area contributed by atoms with Gasteiger partial charge in [0, 0.05) is 17.8 Å². The molecule has 0 aliphatic heterocycles. The molecule has 1 aromatic heterocycles. The Morgan fingerprint density at radius 1 is 1.17 bits per heavy atom. The van der Waals surface area contributed by atoms with Crippen LogP contribution in [0.4, 0.5) is 35.0 Å². The van der Waals surface area contributed by atoms with E-state index >= 15 is 0 Å². The summed E-state index contributed by atoms with van der Waals surface area (Å²) in [4.78, 5) is 7.57. The standard InChI is InChI=1S/C16H18F4N4/c1-4-10(3)21-15-23-13(16(18,19)20)8-14(24-15)22-11-5-6-12(17)9(2)7-11/h5-8,10H,4H2,1-3H3,(H2,21,22,23,24)/t10-/m0/s1. The number of alkyl halides is 3. The Morgan fingerprint density at radius 3 is 2.46 bits per heavy atom. The first-order chi connectivity index (χ1) is 11.2. The summed E-state index contributed by atoms with van der Waals surface area (Å²) in [5.41, 5.74) is -0.233. The van der Waals surface area contributed by atoms with Crippen LogP contribution in [0.3, 0.4) is 0 Å². The number of aryl methyl sites for hydroxylation is 1. The van der Waals surface area contributed by atoms with E-state index < -0.39 is 17.7 Å². The molecule has 0 radical (unpaired) electrons. The number of halogens is 4. The van der Waals surface area contributed by atoms with Gasteiger partial charge in [0.2, 0.25) is 5.95 Å². The monoisotopic (exact) mass is 342 g/mol.